The summed E-state index contributed by atoms with van der Waals surface area (Å²) < 4.78 is 7.44. The molecular weight excluding hydrogens is 432 g/mol. The molecule has 0 bridgehead atoms. The largest absolute Gasteiger partial charge is 0.379 e. The molecule has 0 saturated carbocycles. The topological polar surface area (TPSA) is 58.9 Å². The molecule has 2 aromatic heterocycles. The highest BCUT2D eigenvalue weighted by Crippen LogP contribution is 2.23. The predicted octanol–water partition coefficient (Wildman–Crippen LogP) is 4.71. The van der Waals surface area contributed by atoms with E-state index in [-0.39, 0.29) is 5.91 Å². The van der Waals surface area contributed by atoms with Crippen LogP contribution in [0.1, 0.15) is 21.6 Å². The van der Waals surface area contributed by atoms with Gasteiger partial charge in [-0.1, -0.05) is 18.2 Å². The Balaban J connectivity index is 1.17. The van der Waals surface area contributed by atoms with Crippen LogP contribution in [0.5, 0.6) is 0 Å². The van der Waals surface area contributed by atoms with Gasteiger partial charge in [0.2, 0.25) is 0 Å². The first-order chi connectivity index (χ1) is 16.2. The minimum absolute atomic E-state index is 0.101. The summed E-state index contributed by atoms with van der Waals surface area (Å²) in [5.74, 6) is 0.679. The number of fused-ring (bicyclic) bond motifs is 1. The molecule has 0 radical (unpaired) electrons. The molecule has 0 unspecified atom stereocenters. The molecule has 7 heteroatoms. The highest BCUT2D eigenvalue weighted by Gasteiger charge is 2.12. The first-order valence-electron chi connectivity index (χ1n) is 11.1. The lowest BCUT2D eigenvalue weighted by molar-refractivity contribution is 0.0342. The zero-order chi connectivity index (χ0) is 22.5. The summed E-state index contributed by atoms with van der Waals surface area (Å²) >= 11 is 1.71. The summed E-state index contributed by atoms with van der Waals surface area (Å²) in [6, 6.07) is 21.8. The predicted molar refractivity (Wildman–Crippen MR) is 132 cm³/mol. The van der Waals surface area contributed by atoms with Gasteiger partial charge in [-0.05, 0) is 54.1 Å². The number of aromatic nitrogens is 2. The molecule has 6 nitrogen and oxygen atoms in total. The van der Waals surface area contributed by atoms with Gasteiger partial charge in [0.05, 0.1) is 18.9 Å². The Kier molecular flexibility index (Phi) is 6.71. The fourth-order valence-corrected chi connectivity index (χ4v) is 4.67. The van der Waals surface area contributed by atoms with Crippen molar-refractivity contribution in [3.63, 3.8) is 0 Å². The van der Waals surface area contributed by atoms with Crippen molar-refractivity contribution in [2.45, 2.75) is 17.2 Å². The van der Waals surface area contributed by atoms with Crippen molar-refractivity contribution in [1.29, 1.82) is 0 Å². The fraction of sp³-hybridized carbons (Fsp3) is 0.231. The number of benzene rings is 2. The normalized spacial score (nSPS) is 14.4. The second kappa shape index (κ2) is 10.2. The molecule has 1 saturated heterocycles. The molecule has 5 rings (SSSR count). The maximum atomic E-state index is 12.7. The molecule has 0 aliphatic carbocycles. The first-order valence-corrected chi connectivity index (χ1v) is 12.1. The van der Waals surface area contributed by atoms with Gasteiger partial charge in [-0.15, -0.1) is 11.8 Å². The minimum atomic E-state index is -0.101. The summed E-state index contributed by atoms with van der Waals surface area (Å²) in [4.78, 5) is 20.9. The number of hydrogen-bond acceptors (Lipinski definition) is 5. The summed E-state index contributed by atoms with van der Waals surface area (Å²) in [6.07, 6.45) is 4.06. The lowest BCUT2D eigenvalue weighted by atomic mass is 10.1. The first kappa shape index (κ1) is 21.7. The Labute approximate surface area is 197 Å². The highest BCUT2D eigenvalue weighted by molar-refractivity contribution is 7.98. The number of carbonyl (C=O) groups is 1. The Morgan fingerprint density at radius 3 is 2.70 bits per heavy atom. The van der Waals surface area contributed by atoms with Crippen molar-refractivity contribution in [2.24, 2.45) is 0 Å². The number of thioether (sulfide) groups is 1. The summed E-state index contributed by atoms with van der Waals surface area (Å²) in [6.45, 7) is 4.31. The Hall–Kier alpha value is -3.13. The van der Waals surface area contributed by atoms with E-state index in [9.17, 15) is 4.79 Å². The maximum absolute atomic E-state index is 12.7. The van der Waals surface area contributed by atoms with Crippen LogP contribution in [-0.4, -0.2) is 46.5 Å². The van der Waals surface area contributed by atoms with E-state index in [1.165, 1.54) is 5.56 Å². The molecule has 168 valence electrons. The molecule has 33 heavy (non-hydrogen) atoms. The van der Waals surface area contributed by atoms with Crippen molar-refractivity contribution < 1.29 is 9.53 Å². The third-order valence-corrected chi connectivity index (χ3v) is 6.66. The van der Waals surface area contributed by atoms with Crippen molar-refractivity contribution in [3.05, 3.63) is 95.9 Å². The van der Waals surface area contributed by atoms with Crippen LogP contribution in [-0.2, 0) is 17.0 Å². The van der Waals surface area contributed by atoms with Crippen molar-refractivity contribution >= 4 is 29.0 Å². The fourth-order valence-electron chi connectivity index (χ4n) is 3.88. The molecular formula is C26H26N4O2S. The second-order valence-electron chi connectivity index (χ2n) is 8.05. The quantitative estimate of drug-likeness (QED) is 0.407. The van der Waals surface area contributed by atoms with E-state index in [2.05, 4.69) is 27.5 Å². The monoisotopic (exact) mass is 458 g/mol. The van der Waals surface area contributed by atoms with E-state index in [1.807, 2.05) is 71.3 Å². The van der Waals surface area contributed by atoms with Gasteiger partial charge in [-0.2, -0.15) is 0 Å². The molecule has 3 heterocycles. The molecule has 0 spiro atoms. The van der Waals surface area contributed by atoms with Gasteiger partial charge in [-0.3, -0.25) is 9.69 Å². The number of amides is 1. The molecule has 1 amide bonds. The highest BCUT2D eigenvalue weighted by atomic mass is 32.2. The van der Waals surface area contributed by atoms with E-state index in [4.69, 9.17) is 4.74 Å². The standard InChI is InChI=1S/C26H26N4O2S/c31-26(28-22-5-3-4-20(16-22)17-29-12-14-32-15-13-29)21-7-9-24(10-8-21)33-19-23-18-30-11-2-1-6-25(30)27-23/h1-11,16,18H,12-15,17,19H2,(H,28,31). The van der Waals surface area contributed by atoms with Crippen LogP contribution in [0, 0.1) is 0 Å². The minimum Gasteiger partial charge on any atom is -0.379 e. The van der Waals surface area contributed by atoms with Crippen LogP contribution >= 0.6 is 11.8 Å². The van der Waals surface area contributed by atoms with Crippen molar-refractivity contribution in [3.8, 4) is 0 Å². The lowest BCUT2D eigenvalue weighted by Gasteiger charge is -2.26. The summed E-state index contributed by atoms with van der Waals surface area (Å²) in [5, 5.41) is 3.03. The maximum Gasteiger partial charge on any atom is 0.255 e. The van der Waals surface area contributed by atoms with Crippen molar-refractivity contribution in [2.75, 3.05) is 31.6 Å². The zero-order valence-corrected chi connectivity index (χ0v) is 19.1. The van der Waals surface area contributed by atoms with E-state index >= 15 is 0 Å². The van der Waals surface area contributed by atoms with Crippen LogP contribution in [0.3, 0.4) is 0 Å². The third kappa shape index (κ3) is 5.63. The van der Waals surface area contributed by atoms with E-state index in [0.29, 0.717) is 5.56 Å². The SMILES string of the molecule is O=C(Nc1cccc(CN2CCOCC2)c1)c1ccc(SCc2cn3ccccc3n2)cc1. The third-order valence-electron chi connectivity index (χ3n) is 5.61. The number of anilines is 1. The number of imidazole rings is 1. The average Bonchev–Trinajstić information content (AvgIpc) is 3.27. The molecule has 1 fully saturated rings. The number of morpholine rings is 1. The Morgan fingerprint density at radius 1 is 1.03 bits per heavy atom. The van der Waals surface area contributed by atoms with Gasteiger partial charge in [0.1, 0.15) is 5.65 Å². The molecule has 4 aromatic rings. The number of pyridine rings is 1. The van der Waals surface area contributed by atoms with Crippen LogP contribution in [0.4, 0.5) is 5.69 Å². The van der Waals surface area contributed by atoms with Gasteiger partial charge in [0, 0.05) is 53.9 Å². The van der Waals surface area contributed by atoms with Crippen LogP contribution in [0.2, 0.25) is 0 Å². The van der Waals surface area contributed by atoms with E-state index in [0.717, 1.165) is 60.5 Å². The van der Waals surface area contributed by atoms with E-state index in [1.54, 1.807) is 11.8 Å². The lowest BCUT2D eigenvalue weighted by Crippen LogP contribution is -2.35. The van der Waals surface area contributed by atoms with Crippen LogP contribution in [0.15, 0.2) is 84.0 Å². The zero-order valence-electron chi connectivity index (χ0n) is 18.3. The van der Waals surface area contributed by atoms with Crippen LogP contribution < -0.4 is 5.32 Å². The second-order valence-corrected chi connectivity index (χ2v) is 9.10. The molecule has 1 aliphatic rings. The molecule has 2 aromatic carbocycles. The number of rotatable bonds is 7. The van der Waals surface area contributed by atoms with Gasteiger partial charge in [0.25, 0.3) is 5.91 Å². The number of nitrogens with zero attached hydrogens (tertiary/aromatic N) is 3. The average molecular weight is 459 g/mol. The van der Waals surface area contributed by atoms with Gasteiger partial charge >= 0.3 is 0 Å². The van der Waals surface area contributed by atoms with Gasteiger partial charge < -0.3 is 14.5 Å². The van der Waals surface area contributed by atoms with Gasteiger partial charge in [0.15, 0.2) is 0 Å². The van der Waals surface area contributed by atoms with Crippen molar-refractivity contribution in [1.82, 2.24) is 14.3 Å². The number of ether oxygens (including phenoxy) is 1. The summed E-state index contributed by atoms with van der Waals surface area (Å²) in [7, 11) is 0. The molecule has 1 aliphatic heterocycles. The number of nitrogens with one attached hydrogen (secondary N) is 1. The smallest absolute Gasteiger partial charge is 0.255 e. The molecule has 1 N–H and O–H groups in total. The number of hydrogen-bond donors (Lipinski definition) is 1. The summed E-state index contributed by atoms with van der Waals surface area (Å²) in [5.41, 5.74) is 4.63. The van der Waals surface area contributed by atoms with Gasteiger partial charge in [-0.25, -0.2) is 4.98 Å². The van der Waals surface area contributed by atoms with E-state index < -0.39 is 0 Å². The Bertz CT molecular complexity index is 1200. The van der Waals surface area contributed by atoms with Crippen LogP contribution in [0.25, 0.3) is 5.65 Å². The Morgan fingerprint density at radius 2 is 1.88 bits per heavy atom. The molecule has 0 atom stereocenters. The number of carbonyl (C=O) groups excluding carboxylic acids is 1.